The molecule has 0 bridgehead atoms. The van der Waals surface area contributed by atoms with Crippen molar-refractivity contribution in [1.82, 2.24) is 4.90 Å². The van der Waals surface area contributed by atoms with Crippen LogP contribution in [0.2, 0.25) is 0 Å². The minimum Gasteiger partial charge on any atom is -0.396 e. The van der Waals surface area contributed by atoms with Crippen LogP contribution in [0.1, 0.15) is 26.2 Å². The monoisotopic (exact) mass is 143 g/mol. The molecule has 1 heterocycles. The molecular formula is C8H17NO. The number of nitrogens with zero attached hydrogens (tertiary/aromatic N) is 1. The van der Waals surface area contributed by atoms with Crippen molar-refractivity contribution in [2.24, 2.45) is 0 Å². The zero-order valence-electron chi connectivity index (χ0n) is 6.71. The molecule has 0 aromatic carbocycles. The predicted molar refractivity (Wildman–Crippen MR) is 42.0 cm³/mol. The van der Waals surface area contributed by atoms with E-state index in [0.29, 0.717) is 6.61 Å². The fourth-order valence-electron chi connectivity index (χ4n) is 1.60. The van der Waals surface area contributed by atoms with E-state index in [1.807, 2.05) is 0 Å². The average molecular weight is 143 g/mol. The van der Waals surface area contributed by atoms with Gasteiger partial charge in [-0.3, -0.25) is 0 Å². The minimum atomic E-state index is 0.337. The molecule has 60 valence electrons. The van der Waals surface area contributed by atoms with Crippen LogP contribution in [0.3, 0.4) is 0 Å². The third kappa shape index (κ3) is 1.96. The van der Waals surface area contributed by atoms with Crippen LogP contribution in [0.5, 0.6) is 0 Å². The molecule has 0 aliphatic carbocycles. The highest BCUT2D eigenvalue weighted by Gasteiger charge is 2.18. The number of hydrogen-bond acceptors (Lipinski definition) is 2. The maximum absolute atomic E-state index is 8.59. The fraction of sp³-hybridized carbons (Fsp3) is 1.00. The lowest BCUT2D eigenvalue weighted by molar-refractivity contribution is 0.220. The normalized spacial score (nSPS) is 27.6. The molecule has 2 nitrogen and oxygen atoms in total. The van der Waals surface area contributed by atoms with Gasteiger partial charge in [-0.05, 0) is 32.7 Å². The van der Waals surface area contributed by atoms with Gasteiger partial charge in [0, 0.05) is 19.2 Å². The third-order valence-corrected chi connectivity index (χ3v) is 2.29. The molecule has 1 rings (SSSR count). The van der Waals surface area contributed by atoms with Gasteiger partial charge in [-0.25, -0.2) is 0 Å². The highest BCUT2D eigenvalue weighted by Crippen LogP contribution is 2.15. The van der Waals surface area contributed by atoms with Crippen LogP contribution < -0.4 is 0 Å². The van der Waals surface area contributed by atoms with Crippen LogP contribution in [0, 0.1) is 0 Å². The highest BCUT2D eigenvalue weighted by molar-refractivity contribution is 4.74. The Bertz CT molecular complexity index is 95.3. The van der Waals surface area contributed by atoms with Crippen molar-refractivity contribution in [3.05, 3.63) is 0 Å². The first-order valence-electron chi connectivity index (χ1n) is 4.19. The lowest BCUT2D eigenvalue weighted by Gasteiger charge is -2.19. The molecule has 0 radical (unpaired) electrons. The third-order valence-electron chi connectivity index (χ3n) is 2.29. The van der Waals surface area contributed by atoms with Gasteiger partial charge < -0.3 is 10.0 Å². The number of likely N-dealkylation sites (tertiary alicyclic amines) is 1. The van der Waals surface area contributed by atoms with E-state index in [2.05, 4.69) is 11.8 Å². The standard InChI is InChI=1S/C8H17NO/c1-8-4-2-5-9(8)6-3-7-10/h8,10H,2-7H2,1H3/t8-/m0/s1. The van der Waals surface area contributed by atoms with Gasteiger partial charge >= 0.3 is 0 Å². The van der Waals surface area contributed by atoms with Crippen LogP contribution in [0.25, 0.3) is 0 Å². The van der Waals surface area contributed by atoms with Gasteiger partial charge in [0.1, 0.15) is 0 Å². The number of hydrogen-bond donors (Lipinski definition) is 1. The quantitative estimate of drug-likeness (QED) is 0.633. The Morgan fingerprint density at radius 2 is 2.40 bits per heavy atom. The van der Waals surface area contributed by atoms with Crippen LogP contribution in [-0.2, 0) is 0 Å². The Hall–Kier alpha value is -0.0800. The summed E-state index contributed by atoms with van der Waals surface area (Å²) in [5, 5.41) is 8.59. The van der Waals surface area contributed by atoms with Crippen LogP contribution in [0.15, 0.2) is 0 Å². The summed E-state index contributed by atoms with van der Waals surface area (Å²) in [6, 6.07) is 0.756. The smallest absolute Gasteiger partial charge is 0.0443 e. The predicted octanol–water partition coefficient (Wildman–Crippen LogP) is 0.853. The molecule has 0 aromatic heterocycles. The van der Waals surface area contributed by atoms with Crippen LogP contribution >= 0.6 is 0 Å². The summed E-state index contributed by atoms with van der Waals surface area (Å²) >= 11 is 0. The molecular weight excluding hydrogens is 126 g/mol. The molecule has 1 saturated heterocycles. The summed E-state index contributed by atoms with van der Waals surface area (Å²) < 4.78 is 0. The van der Waals surface area contributed by atoms with Crippen molar-refractivity contribution in [2.45, 2.75) is 32.2 Å². The van der Waals surface area contributed by atoms with Crippen molar-refractivity contribution in [3.63, 3.8) is 0 Å². The molecule has 0 aromatic rings. The summed E-state index contributed by atoms with van der Waals surface area (Å²) in [6.07, 6.45) is 3.61. The second kappa shape index (κ2) is 3.94. The fourth-order valence-corrected chi connectivity index (χ4v) is 1.60. The van der Waals surface area contributed by atoms with Crippen molar-refractivity contribution in [3.8, 4) is 0 Å². The Morgan fingerprint density at radius 3 is 2.90 bits per heavy atom. The maximum Gasteiger partial charge on any atom is 0.0443 e. The molecule has 1 aliphatic rings. The topological polar surface area (TPSA) is 23.5 Å². The molecule has 10 heavy (non-hydrogen) atoms. The van der Waals surface area contributed by atoms with Gasteiger partial charge in [-0.2, -0.15) is 0 Å². The zero-order chi connectivity index (χ0) is 7.40. The van der Waals surface area contributed by atoms with Gasteiger partial charge in [-0.1, -0.05) is 0 Å². The lowest BCUT2D eigenvalue weighted by Crippen LogP contribution is -2.28. The zero-order valence-corrected chi connectivity index (χ0v) is 6.71. The van der Waals surface area contributed by atoms with E-state index in [0.717, 1.165) is 19.0 Å². The first-order valence-corrected chi connectivity index (χ1v) is 4.19. The first kappa shape index (κ1) is 8.02. The van der Waals surface area contributed by atoms with Gasteiger partial charge in [0.05, 0.1) is 0 Å². The van der Waals surface area contributed by atoms with Crippen LogP contribution in [0.4, 0.5) is 0 Å². The summed E-state index contributed by atoms with van der Waals surface area (Å²) in [5.41, 5.74) is 0. The van der Waals surface area contributed by atoms with E-state index in [9.17, 15) is 0 Å². The van der Waals surface area contributed by atoms with E-state index in [1.165, 1.54) is 19.4 Å². The average Bonchev–Trinajstić information content (AvgIpc) is 2.31. The van der Waals surface area contributed by atoms with Gasteiger partial charge in [-0.15, -0.1) is 0 Å². The van der Waals surface area contributed by atoms with E-state index in [-0.39, 0.29) is 0 Å². The van der Waals surface area contributed by atoms with Crippen LogP contribution in [-0.4, -0.2) is 35.7 Å². The summed E-state index contributed by atoms with van der Waals surface area (Å²) in [6.45, 7) is 4.92. The summed E-state index contributed by atoms with van der Waals surface area (Å²) in [4.78, 5) is 2.45. The lowest BCUT2D eigenvalue weighted by atomic mass is 10.2. The molecule has 1 aliphatic heterocycles. The molecule has 1 N–H and O–H groups in total. The molecule has 1 fully saturated rings. The van der Waals surface area contributed by atoms with E-state index >= 15 is 0 Å². The van der Waals surface area contributed by atoms with Gasteiger partial charge in [0.2, 0.25) is 0 Å². The Morgan fingerprint density at radius 1 is 1.60 bits per heavy atom. The number of aliphatic hydroxyl groups excluding tert-OH is 1. The summed E-state index contributed by atoms with van der Waals surface area (Å²) in [7, 11) is 0. The number of rotatable bonds is 3. The second-order valence-corrected chi connectivity index (χ2v) is 3.10. The van der Waals surface area contributed by atoms with Gasteiger partial charge in [0.15, 0.2) is 0 Å². The Kier molecular flexibility index (Phi) is 3.16. The Balaban J connectivity index is 2.14. The summed E-state index contributed by atoms with van der Waals surface area (Å²) in [5.74, 6) is 0. The van der Waals surface area contributed by atoms with E-state index < -0.39 is 0 Å². The minimum absolute atomic E-state index is 0.337. The SMILES string of the molecule is C[C@H]1CCCN1CCCO. The van der Waals surface area contributed by atoms with Crippen molar-refractivity contribution in [1.29, 1.82) is 0 Å². The molecule has 0 spiro atoms. The largest absolute Gasteiger partial charge is 0.396 e. The highest BCUT2D eigenvalue weighted by atomic mass is 16.3. The van der Waals surface area contributed by atoms with E-state index in [4.69, 9.17) is 5.11 Å². The first-order chi connectivity index (χ1) is 4.84. The molecule has 2 heteroatoms. The molecule has 0 saturated carbocycles. The van der Waals surface area contributed by atoms with Gasteiger partial charge in [0.25, 0.3) is 0 Å². The molecule has 0 unspecified atom stereocenters. The Labute approximate surface area is 62.8 Å². The van der Waals surface area contributed by atoms with Crippen molar-refractivity contribution >= 4 is 0 Å². The molecule has 0 amide bonds. The molecule has 1 atom stereocenters. The van der Waals surface area contributed by atoms with E-state index in [1.54, 1.807) is 0 Å². The van der Waals surface area contributed by atoms with Crippen molar-refractivity contribution < 1.29 is 5.11 Å². The second-order valence-electron chi connectivity index (χ2n) is 3.10. The maximum atomic E-state index is 8.59. The van der Waals surface area contributed by atoms with Crippen molar-refractivity contribution in [2.75, 3.05) is 19.7 Å². The number of aliphatic hydroxyl groups is 1.